The summed E-state index contributed by atoms with van der Waals surface area (Å²) in [6.07, 6.45) is 2.37. The number of rotatable bonds is 7. The fourth-order valence-electron chi connectivity index (χ4n) is 2.08. The standard InChI is InChI=1S/C15H22N2O2S.ClH/c1-10(15(18)17-14(9-16)11-3-4-11)20-13-7-5-12(19-2)6-8-13;/h5-8,10-11,14H,3-4,9,16H2,1-2H3,(H,17,18);1H. The molecule has 4 nitrogen and oxygen atoms in total. The number of hydrogen-bond donors (Lipinski definition) is 2. The van der Waals surface area contributed by atoms with Crippen molar-refractivity contribution in [1.29, 1.82) is 0 Å². The van der Waals surface area contributed by atoms with Crippen molar-refractivity contribution >= 4 is 30.1 Å². The van der Waals surface area contributed by atoms with E-state index in [4.69, 9.17) is 10.5 Å². The van der Waals surface area contributed by atoms with Crippen LogP contribution in [0.5, 0.6) is 5.75 Å². The van der Waals surface area contributed by atoms with Crippen LogP contribution in [0.25, 0.3) is 0 Å². The van der Waals surface area contributed by atoms with Crippen LogP contribution in [0.15, 0.2) is 29.2 Å². The molecule has 21 heavy (non-hydrogen) atoms. The molecule has 1 saturated carbocycles. The predicted molar refractivity (Wildman–Crippen MR) is 89.3 cm³/mol. The summed E-state index contributed by atoms with van der Waals surface area (Å²) in [4.78, 5) is 13.2. The SMILES string of the molecule is COc1ccc(SC(C)C(=O)NC(CN)C2CC2)cc1.Cl. The molecule has 0 heterocycles. The molecule has 0 radical (unpaired) electrons. The minimum Gasteiger partial charge on any atom is -0.497 e. The van der Waals surface area contributed by atoms with Crippen molar-refractivity contribution in [3.63, 3.8) is 0 Å². The molecule has 3 N–H and O–H groups in total. The Kier molecular flexibility index (Phi) is 7.35. The monoisotopic (exact) mass is 330 g/mol. The molecule has 118 valence electrons. The third-order valence-corrected chi connectivity index (χ3v) is 4.63. The molecule has 0 spiro atoms. The number of amides is 1. The highest BCUT2D eigenvalue weighted by atomic mass is 35.5. The van der Waals surface area contributed by atoms with Crippen LogP contribution in [-0.4, -0.2) is 30.9 Å². The molecule has 0 aliphatic heterocycles. The molecule has 0 aromatic heterocycles. The molecule has 0 bridgehead atoms. The lowest BCUT2D eigenvalue weighted by Gasteiger charge is -2.19. The summed E-state index contributed by atoms with van der Waals surface area (Å²) in [6, 6.07) is 7.88. The van der Waals surface area contributed by atoms with E-state index in [0.717, 1.165) is 10.6 Å². The van der Waals surface area contributed by atoms with Crippen LogP contribution < -0.4 is 15.8 Å². The Hall–Kier alpha value is -0.910. The van der Waals surface area contributed by atoms with Crippen LogP contribution in [0.3, 0.4) is 0 Å². The summed E-state index contributed by atoms with van der Waals surface area (Å²) < 4.78 is 5.12. The van der Waals surface area contributed by atoms with Gasteiger partial charge in [-0.2, -0.15) is 0 Å². The highest BCUT2D eigenvalue weighted by Gasteiger charge is 2.32. The molecule has 2 atom stereocenters. The van der Waals surface area contributed by atoms with E-state index < -0.39 is 0 Å². The van der Waals surface area contributed by atoms with E-state index in [1.807, 2.05) is 31.2 Å². The van der Waals surface area contributed by atoms with Gasteiger partial charge in [0.25, 0.3) is 0 Å². The van der Waals surface area contributed by atoms with E-state index in [-0.39, 0.29) is 29.6 Å². The third kappa shape index (κ3) is 5.41. The lowest BCUT2D eigenvalue weighted by Crippen LogP contribution is -2.44. The van der Waals surface area contributed by atoms with Crippen LogP contribution in [0.4, 0.5) is 0 Å². The summed E-state index contributed by atoms with van der Waals surface area (Å²) in [5.41, 5.74) is 5.71. The van der Waals surface area contributed by atoms with Gasteiger partial charge in [0.15, 0.2) is 0 Å². The summed E-state index contributed by atoms with van der Waals surface area (Å²) in [5.74, 6) is 1.47. The van der Waals surface area contributed by atoms with E-state index >= 15 is 0 Å². The zero-order valence-electron chi connectivity index (χ0n) is 12.4. The molecular weight excluding hydrogens is 308 g/mol. The Morgan fingerprint density at radius 1 is 1.43 bits per heavy atom. The summed E-state index contributed by atoms with van der Waals surface area (Å²) in [7, 11) is 1.64. The Morgan fingerprint density at radius 2 is 2.05 bits per heavy atom. The molecule has 6 heteroatoms. The first-order valence-corrected chi connectivity index (χ1v) is 7.83. The van der Waals surface area contributed by atoms with Gasteiger partial charge in [-0.05, 0) is 49.9 Å². The van der Waals surface area contributed by atoms with Crippen LogP contribution in [0.2, 0.25) is 0 Å². The molecule has 1 aromatic rings. The Labute approximate surface area is 136 Å². The lowest BCUT2D eigenvalue weighted by atomic mass is 10.2. The first kappa shape index (κ1) is 18.1. The summed E-state index contributed by atoms with van der Waals surface area (Å²) in [5, 5.41) is 2.93. The molecule has 2 rings (SSSR count). The molecule has 1 aromatic carbocycles. The second-order valence-electron chi connectivity index (χ2n) is 5.12. The number of halogens is 1. The predicted octanol–water partition coefficient (Wildman–Crippen LogP) is 2.45. The third-order valence-electron chi connectivity index (χ3n) is 3.51. The van der Waals surface area contributed by atoms with Crippen LogP contribution >= 0.6 is 24.2 Å². The zero-order valence-corrected chi connectivity index (χ0v) is 14.0. The van der Waals surface area contributed by atoms with Gasteiger partial charge < -0.3 is 15.8 Å². The highest BCUT2D eigenvalue weighted by Crippen LogP contribution is 2.32. The second kappa shape index (κ2) is 8.51. The van der Waals surface area contributed by atoms with Crippen molar-refractivity contribution < 1.29 is 9.53 Å². The topological polar surface area (TPSA) is 64.3 Å². The van der Waals surface area contributed by atoms with Crippen molar-refractivity contribution in [2.24, 2.45) is 11.7 Å². The van der Waals surface area contributed by atoms with Gasteiger partial charge in [0.1, 0.15) is 5.75 Å². The molecule has 1 aliphatic rings. The Bertz CT molecular complexity index is 451. The van der Waals surface area contributed by atoms with Crippen molar-refractivity contribution in [3.05, 3.63) is 24.3 Å². The Morgan fingerprint density at radius 3 is 2.52 bits per heavy atom. The number of nitrogens with two attached hydrogens (primary N) is 1. The second-order valence-corrected chi connectivity index (χ2v) is 6.54. The maximum atomic E-state index is 12.2. The van der Waals surface area contributed by atoms with Crippen molar-refractivity contribution in [3.8, 4) is 5.75 Å². The normalized spacial score (nSPS) is 16.5. The Balaban J connectivity index is 0.00000220. The molecule has 1 amide bonds. The van der Waals surface area contributed by atoms with E-state index in [9.17, 15) is 4.79 Å². The maximum Gasteiger partial charge on any atom is 0.233 e. The number of benzene rings is 1. The van der Waals surface area contributed by atoms with Gasteiger partial charge in [0.2, 0.25) is 5.91 Å². The smallest absolute Gasteiger partial charge is 0.233 e. The summed E-state index contributed by atoms with van der Waals surface area (Å²) in [6.45, 7) is 2.45. The van der Waals surface area contributed by atoms with Crippen LogP contribution in [0, 0.1) is 5.92 Å². The van der Waals surface area contributed by atoms with Gasteiger partial charge in [0.05, 0.1) is 12.4 Å². The minimum absolute atomic E-state index is 0. The van der Waals surface area contributed by atoms with Crippen LogP contribution in [0.1, 0.15) is 19.8 Å². The molecule has 1 aliphatic carbocycles. The fraction of sp³-hybridized carbons (Fsp3) is 0.533. The lowest BCUT2D eigenvalue weighted by molar-refractivity contribution is -0.121. The molecule has 2 unspecified atom stereocenters. The molecule has 1 fully saturated rings. The van der Waals surface area contributed by atoms with E-state index in [0.29, 0.717) is 12.5 Å². The summed E-state index contributed by atoms with van der Waals surface area (Å²) >= 11 is 1.55. The number of hydrogen-bond acceptors (Lipinski definition) is 4. The van der Waals surface area contributed by atoms with Gasteiger partial charge in [-0.3, -0.25) is 4.79 Å². The number of methoxy groups -OCH3 is 1. The van der Waals surface area contributed by atoms with Gasteiger partial charge in [-0.15, -0.1) is 24.2 Å². The van der Waals surface area contributed by atoms with Crippen LogP contribution in [-0.2, 0) is 4.79 Å². The zero-order chi connectivity index (χ0) is 14.5. The number of thioether (sulfide) groups is 1. The first-order chi connectivity index (χ1) is 9.63. The largest absolute Gasteiger partial charge is 0.497 e. The first-order valence-electron chi connectivity index (χ1n) is 6.95. The minimum atomic E-state index is -0.129. The van der Waals surface area contributed by atoms with Gasteiger partial charge in [0, 0.05) is 17.5 Å². The van der Waals surface area contributed by atoms with E-state index in [1.54, 1.807) is 18.9 Å². The number of carbonyl (C=O) groups excluding carboxylic acids is 1. The van der Waals surface area contributed by atoms with Gasteiger partial charge in [-0.1, -0.05) is 0 Å². The van der Waals surface area contributed by atoms with Crippen molar-refractivity contribution in [2.45, 2.75) is 36.0 Å². The number of nitrogens with one attached hydrogen (secondary N) is 1. The van der Waals surface area contributed by atoms with Crippen molar-refractivity contribution in [1.82, 2.24) is 5.32 Å². The molecule has 0 saturated heterocycles. The maximum absolute atomic E-state index is 12.2. The number of ether oxygens (including phenoxy) is 1. The fourth-order valence-corrected chi connectivity index (χ4v) is 2.96. The van der Waals surface area contributed by atoms with E-state index in [2.05, 4.69) is 5.32 Å². The number of carbonyl (C=O) groups is 1. The quantitative estimate of drug-likeness (QED) is 0.754. The van der Waals surface area contributed by atoms with Crippen molar-refractivity contribution in [2.75, 3.05) is 13.7 Å². The highest BCUT2D eigenvalue weighted by molar-refractivity contribution is 8.00. The van der Waals surface area contributed by atoms with E-state index in [1.165, 1.54) is 12.8 Å². The average Bonchev–Trinajstić information content (AvgIpc) is 3.29. The van der Waals surface area contributed by atoms with Gasteiger partial charge in [-0.25, -0.2) is 0 Å². The molecular formula is C15H23ClN2O2S. The van der Waals surface area contributed by atoms with Gasteiger partial charge >= 0.3 is 0 Å². The average molecular weight is 331 g/mol.